The fourth-order valence-corrected chi connectivity index (χ4v) is 3.88. The molecule has 1 saturated carbocycles. The van der Waals surface area contributed by atoms with Crippen LogP contribution in [0.1, 0.15) is 57.4 Å². The van der Waals surface area contributed by atoms with Gasteiger partial charge in [-0.1, -0.05) is 50.1 Å². The quantitative estimate of drug-likeness (QED) is 0.799. The molecular weight excluding hydrogens is 258 g/mol. The lowest BCUT2D eigenvalue weighted by Crippen LogP contribution is -2.44. The van der Waals surface area contributed by atoms with E-state index >= 15 is 0 Å². The lowest BCUT2D eigenvalue weighted by Gasteiger charge is -2.43. The summed E-state index contributed by atoms with van der Waals surface area (Å²) >= 11 is 0. The van der Waals surface area contributed by atoms with Crippen LogP contribution in [-0.2, 0) is 6.42 Å². The van der Waals surface area contributed by atoms with Crippen LogP contribution in [0.3, 0.4) is 0 Å². The molecular formula is C19H31NO. The first-order valence-corrected chi connectivity index (χ1v) is 8.62. The summed E-state index contributed by atoms with van der Waals surface area (Å²) in [5, 5.41) is 10.7. The van der Waals surface area contributed by atoms with Gasteiger partial charge in [0.15, 0.2) is 0 Å². The third-order valence-electron chi connectivity index (χ3n) is 5.46. The summed E-state index contributed by atoms with van der Waals surface area (Å²) in [5.74, 6) is 0.857. The van der Waals surface area contributed by atoms with Crippen molar-refractivity contribution >= 4 is 0 Å². The Bertz CT molecular complexity index is 395. The lowest BCUT2D eigenvalue weighted by molar-refractivity contribution is -0.0135. The van der Waals surface area contributed by atoms with Crippen LogP contribution in [0.5, 0.6) is 0 Å². The molecule has 0 amide bonds. The molecule has 1 aromatic rings. The molecule has 0 heterocycles. The Balaban J connectivity index is 1.88. The van der Waals surface area contributed by atoms with Gasteiger partial charge in [-0.2, -0.15) is 0 Å². The minimum Gasteiger partial charge on any atom is -0.392 e. The highest BCUT2D eigenvalue weighted by atomic mass is 16.3. The van der Waals surface area contributed by atoms with Crippen LogP contribution in [0.2, 0.25) is 0 Å². The number of aryl methyl sites for hydroxylation is 1. The van der Waals surface area contributed by atoms with Crippen LogP contribution in [-0.4, -0.2) is 17.8 Å². The first-order valence-electron chi connectivity index (χ1n) is 8.62. The zero-order chi connectivity index (χ0) is 15.1. The smallest absolute Gasteiger partial charge is 0.0611 e. The fourth-order valence-electron chi connectivity index (χ4n) is 3.88. The van der Waals surface area contributed by atoms with Crippen molar-refractivity contribution in [2.24, 2.45) is 17.1 Å². The number of aliphatic hydroxyl groups excluding tert-OH is 1. The molecule has 0 spiro atoms. The Morgan fingerprint density at radius 2 is 1.90 bits per heavy atom. The summed E-state index contributed by atoms with van der Waals surface area (Å²) < 4.78 is 0. The summed E-state index contributed by atoms with van der Waals surface area (Å²) in [6.07, 6.45) is 8.82. The molecule has 1 fully saturated rings. The molecule has 0 radical (unpaired) electrons. The molecule has 1 aliphatic rings. The number of hydrogen-bond donors (Lipinski definition) is 2. The van der Waals surface area contributed by atoms with Crippen molar-refractivity contribution in [1.82, 2.24) is 0 Å². The molecule has 0 saturated heterocycles. The maximum absolute atomic E-state index is 10.7. The molecule has 2 heteroatoms. The molecule has 0 aliphatic heterocycles. The maximum atomic E-state index is 10.7. The van der Waals surface area contributed by atoms with E-state index in [9.17, 15) is 5.11 Å². The Morgan fingerprint density at radius 3 is 2.48 bits per heavy atom. The Morgan fingerprint density at radius 1 is 1.24 bits per heavy atom. The summed E-state index contributed by atoms with van der Waals surface area (Å²) in [6, 6.07) is 10.4. The number of rotatable bonds is 7. The van der Waals surface area contributed by atoms with Gasteiger partial charge < -0.3 is 10.8 Å². The van der Waals surface area contributed by atoms with Gasteiger partial charge in [0.25, 0.3) is 0 Å². The zero-order valence-electron chi connectivity index (χ0n) is 13.4. The highest BCUT2D eigenvalue weighted by Crippen LogP contribution is 2.43. The minimum atomic E-state index is -0.259. The van der Waals surface area contributed by atoms with E-state index in [1.54, 1.807) is 0 Å². The Labute approximate surface area is 129 Å². The molecule has 1 unspecified atom stereocenters. The van der Waals surface area contributed by atoms with E-state index in [-0.39, 0.29) is 11.5 Å². The van der Waals surface area contributed by atoms with E-state index in [1.165, 1.54) is 31.2 Å². The SMILES string of the molecule is CCCC1CCC(CN)(C(O)CCc2ccccc2)CC1. The van der Waals surface area contributed by atoms with E-state index in [0.29, 0.717) is 6.54 Å². The second-order valence-electron chi connectivity index (χ2n) is 6.84. The number of aliphatic hydroxyl groups is 1. The van der Waals surface area contributed by atoms with Crippen molar-refractivity contribution in [3.05, 3.63) is 35.9 Å². The molecule has 2 nitrogen and oxygen atoms in total. The van der Waals surface area contributed by atoms with Gasteiger partial charge in [-0.15, -0.1) is 0 Å². The zero-order valence-corrected chi connectivity index (χ0v) is 13.4. The number of hydrogen-bond acceptors (Lipinski definition) is 2. The van der Waals surface area contributed by atoms with E-state index in [1.807, 2.05) is 6.07 Å². The van der Waals surface area contributed by atoms with Crippen LogP contribution in [0, 0.1) is 11.3 Å². The van der Waals surface area contributed by atoms with Gasteiger partial charge >= 0.3 is 0 Å². The highest BCUT2D eigenvalue weighted by molar-refractivity contribution is 5.15. The predicted molar refractivity (Wildman–Crippen MR) is 89.1 cm³/mol. The van der Waals surface area contributed by atoms with Crippen LogP contribution in [0.15, 0.2) is 30.3 Å². The van der Waals surface area contributed by atoms with Gasteiger partial charge in [0.05, 0.1) is 6.10 Å². The molecule has 0 bridgehead atoms. The predicted octanol–water partition coefficient (Wildman–Crippen LogP) is 3.92. The highest BCUT2D eigenvalue weighted by Gasteiger charge is 2.39. The van der Waals surface area contributed by atoms with E-state index < -0.39 is 0 Å². The lowest BCUT2D eigenvalue weighted by atomic mass is 9.65. The molecule has 3 N–H and O–H groups in total. The first kappa shape index (κ1) is 16.5. The number of benzene rings is 1. The normalized spacial score (nSPS) is 27.5. The molecule has 118 valence electrons. The molecule has 1 aromatic carbocycles. The van der Waals surface area contributed by atoms with E-state index in [0.717, 1.165) is 31.6 Å². The van der Waals surface area contributed by atoms with Crippen molar-refractivity contribution < 1.29 is 5.11 Å². The average Bonchev–Trinajstić information content (AvgIpc) is 2.55. The van der Waals surface area contributed by atoms with Crippen molar-refractivity contribution in [1.29, 1.82) is 0 Å². The van der Waals surface area contributed by atoms with Crippen molar-refractivity contribution in [3.8, 4) is 0 Å². The summed E-state index contributed by atoms with van der Waals surface area (Å²) in [4.78, 5) is 0. The van der Waals surface area contributed by atoms with Gasteiger partial charge in [-0.25, -0.2) is 0 Å². The molecule has 1 atom stereocenters. The van der Waals surface area contributed by atoms with Crippen molar-refractivity contribution in [2.45, 2.75) is 64.4 Å². The summed E-state index contributed by atoms with van der Waals surface area (Å²) in [5.41, 5.74) is 7.35. The monoisotopic (exact) mass is 289 g/mol. The second kappa shape index (κ2) is 7.95. The average molecular weight is 289 g/mol. The van der Waals surface area contributed by atoms with Gasteiger partial charge in [0.2, 0.25) is 0 Å². The topological polar surface area (TPSA) is 46.2 Å². The first-order chi connectivity index (χ1) is 10.2. The van der Waals surface area contributed by atoms with Gasteiger partial charge in [0.1, 0.15) is 0 Å². The summed E-state index contributed by atoms with van der Waals surface area (Å²) in [6.45, 7) is 2.89. The largest absolute Gasteiger partial charge is 0.392 e. The van der Waals surface area contributed by atoms with E-state index in [2.05, 4.69) is 31.2 Å². The fraction of sp³-hybridized carbons (Fsp3) is 0.684. The Hall–Kier alpha value is -0.860. The molecule has 21 heavy (non-hydrogen) atoms. The molecule has 1 aliphatic carbocycles. The van der Waals surface area contributed by atoms with Crippen molar-refractivity contribution in [3.63, 3.8) is 0 Å². The third kappa shape index (κ3) is 4.31. The standard InChI is InChI=1S/C19H31NO/c1-2-6-16-11-13-19(15-20,14-12-16)18(21)10-9-17-7-4-3-5-8-17/h3-5,7-8,16,18,21H,2,6,9-15,20H2,1H3. The third-order valence-corrected chi connectivity index (χ3v) is 5.46. The van der Waals surface area contributed by atoms with Gasteiger partial charge in [-0.05, 0) is 50.0 Å². The van der Waals surface area contributed by atoms with Gasteiger partial charge in [0, 0.05) is 12.0 Å². The number of nitrogens with two attached hydrogens (primary N) is 1. The summed E-state index contributed by atoms with van der Waals surface area (Å²) in [7, 11) is 0. The molecule has 2 rings (SSSR count). The maximum Gasteiger partial charge on any atom is 0.0611 e. The Kier molecular flexibility index (Phi) is 6.25. The van der Waals surface area contributed by atoms with Gasteiger partial charge in [-0.3, -0.25) is 0 Å². The van der Waals surface area contributed by atoms with Crippen molar-refractivity contribution in [2.75, 3.05) is 6.54 Å². The molecule has 0 aromatic heterocycles. The van der Waals surface area contributed by atoms with Crippen LogP contribution >= 0.6 is 0 Å². The van der Waals surface area contributed by atoms with Crippen LogP contribution in [0.4, 0.5) is 0 Å². The van der Waals surface area contributed by atoms with E-state index in [4.69, 9.17) is 5.73 Å². The van der Waals surface area contributed by atoms with Crippen LogP contribution in [0.25, 0.3) is 0 Å². The minimum absolute atomic E-state index is 0.0287. The second-order valence-corrected chi connectivity index (χ2v) is 6.84. The van der Waals surface area contributed by atoms with Crippen LogP contribution < -0.4 is 5.73 Å².